The molecule has 3 aromatic rings. The van der Waals surface area contributed by atoms with Gasteiger partial charge < -0.3 is 5.32 Å². The topological polar surface area (TPSA) is 110 Å². The van der Waals surface area contributed by atoms with Crippen molar-refractivity contribution in [1.82, 2.24) is 24.5 Å². The van der Waals surface area contributed by atoms with Crippen LogP contribution in [-0.2, 0) is 21.4 Å². The second kappa shape index (κ2) is 9.13. The van der Waals surface area contributed by atoms with Gasteiger partial charge in [-0.3, -0.25) is 4.79 Å². The summed E-state index contributed by atoms with van der Waals surface area (Å²) in [7, 11) is -3.50. The van der Waals surface area contributed by atoms with Gasteiger partial charge in [-0.25, -0.2) is 8.42 Å². The largest absolute Gasteiger partial charge is 0.324 e. The average Bonchev–Trinajstić information content (AvgIpc) is 3.23. The number of anilines is 1. The fourth-order valence-electron chi connectivity index (χ4n) is 3.35. The van der Waals surface area contributed by atoms with Crippen molar-refractivity contribution in [2.45, 2.75) is 30.7 Å². The minimum absolute atomic E-state index is 0.138. The molecule has 1 aliphatic heterocycles. The molecule has 1 aromatic heterocycles. The molecular formula is C20H21ClN6O3S. The molecule has 1 N–H and O–H groups in total. The number of aromatic nitrogens is 4. The van der Waals surface area contributed by atoms with Crippen LogP contribution in [0.15, 0.2) is 53.4 Å². The Hall–Kier alpha value is -2.82. The number of benzene rings is 2. The third-order valence-corrected chi connectivity index (χ3v) is 7.06. The van der Waals surface area contributed by atoms with Crippen LogP contribution >= 0.6 is 11.6 Å². The minimum atomic E-state index is -3.50. The van der Waals surface area contributed by atoms with E-state index in [1.807, 2.05) is 0 Å². The normalized spacial score (nSPS) is 15.0. The molecule has 1 saturated heterocycles. The molecular weight excluding hydrogens is 440 g/mol. The number of tetrazole rings is 1. The van der Waals surface area contributed by atoms with Crippen molar-refractivity contribution in [1.29, 1.82) is 0 Å². The Bertz CT molecular complexity index is 1170. The Kier molecular flexibility index (Phi) is 6.30. The maximum absolute atomic E-state index is 12.7. The number of nitrogens with one attached hydrogen (secondary N) is 1. The minimum Gasteiger partial charge on any atom is -0.324 e. The highest BCUT2D eigenvalue weighted by Crippen LogP contribution is 2.22. The van der Waals surface area contributed by atoms with Gasteiger partial charge in [0.1, 0.15) is 6.54 Å². The first-order chi connectivity index (χ1) is 14.9. The maximum Gasteiger partial charge on any atom is 0.248 e. The molecule has 11 heteroatoms. The van der Waals surface area contributed by atoms with Crippen LogP contribution < -0.4 is 5.32 Å². The number of amides is 1. The van der Waals surface area contributed by atoms with E-state index in [-0.39, 0.29) is 17.3 Å². The van der Waals surface area contributed by atoms with Crippen LogP contribution in [0.25, 0.3) is 11.4 Å². The van der Waals surface area contributed by atoms with Crippen LogP contribution in [0, 0.1) is 0 Å². The number of piperidine rings is 1. The Morgan fingerprint density at radius 1 is 1.06 bits per heavy atom. The number of hydrogen-bond acceptors (Lipinski definition) is 6. The SMILES string of the molecule is O=C(Cn1nnc(-c2cccc(Cl)c2)n1)Nc1ccc(S(=O)(=O)N2CCCCC2)cc1. The zero-order chi connectivity index (χ0) is 21.8. The van der Waals surface area contributed by atoms with E-state index in [2.05, 4.69) is 20.7 Å². The Balaban J connectivity index is 1.38. The number of carbonyl (C=O) groups excluding carboxylic acids is 1. The van der Waals surface area contributed by atoms with Crippen molar-refractivity contribution in [2.24, 2.45) is 0 Å². The summed E-state index contributed by atoms with van der Waals surface area (Å²) in [6.45, 7) is 0.952. The maximum atomic E-state index is 12.7. The van der Waals surface area contributed by atoms with E-state index in [0.29, 0.717) is 35.2 Å². The molecule has 1 amide bonds. The first-order valence-corrected chi connectivity index (χ1v) is 11.7. The van der Waals surface area contributed by atoms with Crippen molar-refractivity contribution < 1.29 is 13.2 Å². The monoisotopic (exact) mass is 460 g/mol. The lowest BCUT2D eigenvalue weighted by atomic mass is 10.2. The zero-order valence-electron chi connectivity index (χ0n) is 16.6. The van der Waals surface area contributed by atoms with Gasteiger partial charge in [-0.2, -0.15) is 9.10 Å². The smallest absolute Gasteiger partial charge is 0.248 e. The second-order valence-electron chi connectivity index (χ2n) is 7.19. The average molecular weight is 461 g/mol. The van der Waals surface area contributed by atoms with E-state index in [9.17, 15) is 13.2 Å². The van der Waals surface area contributed by atoms with Gasteiger partial charge in [0, 0.05) is 29.4 Å². The van der Waals surface area contributed by atoms with Crippen molar-refractivity contribution in [3.63, 3.8) is 0 Å². The number of hydrogen-bond donors (Lipinski definition) is 1. The summed E-state index contributed by atoms with van der Waals surface area (Å²) in [4.78, 5) is 13.7. The van der Waals surface area contributed by atoms with Crippen LogP contribution in [0.2, 0.25) is 5.02 Å². The predicted molar refractivity (Wildman–Crippen MR) is 116 cm³/mol. The van der Waals surface area contributed by atoms with Gasteiger partial charge in [0.05, 0.1) is 4.90 Å². The Morgan fingerprint density at radius 2 is 1.81 bits per heavy atom. The molecule has 0 spiro atoms. The van der Waals surface area contributed by atoms with Crippen LogP contribution in [0.3, 0.4) is 0 Å². The highest BCUT2D eigenvalue weighted by molar-refractivity contribution is 7.89. The van der Waals surface area contributed by atoms with Crippen LogP contribution in [0.5, 0.6) is 0 Å². The lowest BCUT2D eigenvalue weighted by Crippen LogP contribution is -2.35. The van der Waals surface area contributed by atoms with Crippen molar-refractivity contribution in [3.8, 4) is 11.4 Å². The van der Waals surface area contributed by atoms with E-state index in [1.54, 1.807) is 36.4 Å². The molecule has 0 atom stereocenters. The Labute approximate surface area is 185 Å². The van der Waals surface area contributed by atoms with E-state index in [4.69, 9.17) is 11.6 Å². The molecule has 0 unspecified atom stereocenters. The molecule has 0 bridgehead atoms. The van der Waals surface area contributed by atoms with Gasteiger partial charge >= 0.3 is 0 Å². The van der Waals surface area contributed by atoms with Gasteiger partial charge in [-0.15, -0.1) is 10.2 Å². The van der Waals surface area contributed by atoms with Gasteiger partial charge in [-0.05, 0) is 54.5 Å². The van der Waals surface area contributed by atoms with Gasteiger partial charge in [0.25, 0.3) is 0 Å². The fraction of sp³-hybridized carbons (Fsp3) is 0.300. The summed E-state index contributed by atoms with van der Waals surface area (Å²) in [5.41, 5.74) is 1.18. The third kappa shape index (κ3) is 5.09. The number of halogens is 1. The lowest BCUT2D eigenvalue weighted by molar-refractivity contribution is -0.117. The molecule has 0 saturated carbocycles. The molecule has 2 aromatic carbocycles. The summed E-state index contributed by atoms with van der Waals surface area (Å²) in [5.74, 6) is 0.00394. The number of carbonyl (C=O) groups is 1. The summed E-state index contributed by atoms with van der Waals surface area (Å²) in [5, 5.41) is 15.3. The number of sulfonamides is 1. The number of rotatable bonds is 6. The predicted octanol–water partition coefficient (Wildman–Crippen LogP) is 2.81. The van der Waals surface area contributed by atoms with Gasteiger partial charge in [0.15, 0.2) is 0 Å². The Morgan fingerprint density at radius 3 is 2.52 bits per heavy atom. The lowest BCUT2D eigenvalue weighted by Gasteiger charge is -2.25. The summed E-state index contributed by atoms with van der Waals surface area (Å²) in [6, 6.07) is 13.2. The molecule has 162 valence electrons. The van der Waals surface area contributed by atoms with Gasteiger partial charge in [-0.1, -0.05) is 30.2 Å². The van der Waals surface area contributed by atoms with Crippen LogP contribution in [-0.4, -0.2) is 51.9 Å². The highest BCUT2D eigenvalue weighted by atomic mass is 35.5. The molecule has 0 radical (unpaired) electrons. The van der Waals surface area contributed by atoms with E-state index in [0.717, 1.165) is 19.3 Å². The van der Waals surface area contributed by atoms with Crippen molar-refractivity contribution >= 4 is 33.2 Å². The standard InChI is InChI=1S/C20H21ClN6O3S/c21-16-6-4-5-15(13-16)20-23-25-27(24-20)14-19(28)22-17-7-9-18(10-8-17)31(29,30)26-11-2-1-3-12-26/h4-10,13H,1-3,11-12,14H2,(H,22,28). The molecule has 9 nitrogen and oxygen atoms in total. The quantitative estimate of drug-likeness (QED) is 0.605. The van der Waals surface area contributed by atoms with Crippen LogP contribution in [0.4, 0.5) is 5.69 Å². The first kappa shape index (κ1) is 21.4. The third-order valence-electron chi connectivity index (χ3n) is 4.91. The first-order valence-electron chi connectivity index (χ1n) is 9.86. The van der Waals surface area contributed by atoms with Gasteiger partial charge in [0.2, 0.25) is 21.8 Å². The summed E-state index contributed by atoms with van der Waals surface area (Å²) in [6.07, 6.45) is 2.81. The summed E-state index contributed by atoms with van der Waals surface area (Å²) >= 11 is 5.97. The highest BCUT2D eigenvalue weighted by Gasteiger charge is 2.25. The van der Waals surface area contributed by atoms with Crippen molar-refractivity contribution in [2.75, 3.05) is 18.4 Å². The fourth-order valence-corrected chi connectivity index (χ4v) is 5.05. The molecule has 4 rings (SSSR count). The molecule has 1 fully saturated rings. The van der Waals surface area contributed by atoms with E-state index < -0.39 is 10.0 Å². The molecule has 1 aliphatic rings. The summed E-state index contributed by atoms with van der Waals surface area (Å²) < 4.78 is 26.9. The molecule has 31 heavy (non-hydrogen) atoms. The number of nitrogens with zero attached hydrogens (tertiary/aromatic N) is 5. The molecule has 2 heterocycles. The molecule has 0 aliphatic carbocycles. The van der Waals surface area contributed by atoms with E-state index in [1.165, 1.54) is 21.2 Å². The van der Waals surface area contributed by atoms with Crippen molar-refractivity contribution in [3.05, 3.63) is 53.6 Å². The second-order valence-corrected chi connectivity index (χ2v) is 9.57. The van der Waals surface area contributed by atoms with E-state index >= 15 is 0 Å². The zero-order valence-corrected chi connectivity index (χ0v) is 18.2. The van der Waals surface area contributed by atoms with Crippen LogP contribution in [0.1, 0.15) is 19.3 Å².